The lowest BCUT2D eigenvalue weighted by Crippen LogP contribution is -2.25. The van der Waals surface area contributed by atoms with Gasteiger partial charge in [-0.25, -0.2) is 12.7 Å². The van der Waals surface area contributed by atoms with Crippen molar-refractivity contribution in [2.75, 3.05) is 19.8 Å². The molecule has 0 heterocycles. The van der Waals surface area contributed by atoms with Gasteiger partial charge in [0, 0.05) is 20.5 Å². The van der Waals surface area contributed by atoms with Crippen molar-refractivity contribution in [2.45, 2.75) is 12.8 Å². The van der Waals surface area contributed by atoms with E-state index in [1.165, 1.54) is 14.1 Å². The molecule has 0 saturated carbocycles. The zero-order valence-corrected chi connectivity index (χ0v) is 8.10. The van der Waals surface area contributed by atoms with Crippen LogP contribution in [0.2, 0.25) is 0 Å². The summed E-state index contributed by atoms with van der Waals surface area (Å²) in [4.78, 5) is 10.3. The quantitative estimate of drug-likeness (QED) is 0.618. The number of hydrogen-bond acceptors (Lipinski definition) is 3. The summed E-state index contributed by atoms with van der Waals surface area (Å²) in [6.45, 7) is 0. The van der Waals surface area contributed by atoms with Gasteiger partial charge in [0.2, 0.25) is 15.9 Å². The van der Waals surface area contributed by atoms with E-state index in [1.54, 1.807) is 0 Å². The van der Waals surface area contributed by atoms with E-state index in [1.807, 2.05) is 0 Å². The molecule has 72 valence electrons. The van der Waals surface area contributed by atoms with Crippen LogP contribution >= 0.6 is 0 Å². The van der Waals surface area contributed by atoms with E-state index in [2.05, 4.69) is 0 Å². The standard InChI is InChI=1S/C6H14N2O3S/c1-8(2)12(10,11)5-3-4-6(7)9/h3-5H2,1-2H3,(H2,7,9). The van der Waals surface area contributed by atoms with Crippen LogP contribution in [0.1, 0.15) is 12.8 Å². The van der Waals surface area contributed by atoms with Crippen molar-refractivity contribution < 1.29 is 13.2 Å². The Morgan fingerprint density at radius 2 is 1.92 bits per heavy atom. The van der Waals surface area contributed by atoms with Crippen molar-refractivity contribution in [3.05, 3.63) is 0 Å². The Bertz CT molecular complexity index is 246. The maximum absolute atomic E-state index is 11.1. The Hall–Kier alpha value is -0.620. The molecular weight excluding hydrogens is 180 g/mol. The van der Waals surface area contributed by atoms with Gasteiger partial charge in [0.15, 0.2) is 0 Å². The topological polar surface area (TPSA) is 80.5 Å². The molecule has 0 aromatic rings. The van der Waals surface area contributed by atoms with Gasteiger partial charge in [0.1, 0.15) is 0 Å². The first-order valence-electron chi connectivity index (χ1n) is 3.55. The average molecular weight is 194 g/mol. The van der Waals surface area contributed by atoms with Crippen LogP contribution in [0.3, 0.4) is 0 Å². The van der Waals surface area contributed by atoms with Crippen molar-refractivity contribution in [1.29, 1.82) is 0 Å². The molecule has 0 unspecified atom stereocenters. The Morgan fingerprint density at radius 3 is 2.25 bits per heavy atom. The van der Waals surface area contributed by atoms with Crippen LogP contribution in [-0.2, 0) is 14.8 Å². The maximum Gasteiger partial charge on any atom is 0.217 e. The highest BCUT2D eigenvalue weighted by atomic mass is 32.2. The summed E-state index contributed by atoms with van der Waals surface area (Å²) in [6.07, 6.45) is 0.406. The average Bonchev–Trinajstić information content (AvgIpc) is 1.85. The van der Waals surface area contributed by atoms with Gasteiger partial charge < -0.3 is 5.73 Å². The number of nitrogens with two attached hydrogens (primary N) is 1. The van der Waals surface area contributed by atoms with Gasteiger partial charge in [-0.2, -0.15) is 0 Å². The number of rotatable bonds is 5. The van der Waals surface area contributed by atoms with Crippen LogP contribution in [-0.4, -0.2) is 38.5 Å². The molecule has 0 aromatic carbocycles. The SMILES string of the molecule is CN(C)S(=O)(=O)CCCC(N)=O. The third-order valence-electron chi connectivity index (χ3n) is 1.38. The molecule has 5 nitrogen and oxygen atoms in total. The molecule has 0 aromatic heterocycles. The van der Waals surface area contributed by atoms with Crippen LogP contribution in [0, 0.1) is 0 Å². The van der Waals surface area contributed by atoms with Crippen molar-refractivity contribution in [1.82, 2.24) is 4.31 Å². The third kappa shape index (κ3) is 4.30. The van der Waals surface area contributed by atoms with Crippen molar-refractivity contribution in [3.63, 3.8) is 0 Å². The molecule has 0 radical (unpaired) electrons. The monoisotopic (exact) mass is 194 g/mol. The van der Waals surface area contributed by atoms with Crippen LogP contribution in [0.15, 0.2) is 0 Å². The molecule has 0 spiro atoms. The predicted molar refractivity (Wildman–Crippen MR) is 45.9 cm³/mol. The molecule has 0 saturated heterocycles. The summed E-state index contributed by atoms with van der Waals surface area (Å²) in [7, 11) is -0.252. The first-order chi connectivity index (χ1) is 5.36. The van der Waals surface area contributed by atoms with E-state index in [-0.39, 0.29) is 18.6 Å². The number of carbonyl (C=O) groups is 1. The van der Waals surface area contributed by atoms with Gasteiger partial charge in [0.25, 0.3) is 0 Å². The highest BCUT2D eigenvalue weighted by Gasteiger charge is 2.12. The fourth-order valence-electron chi connectivity index (χ4n) is 0.611. The minimum Gasteiger partial charge on any atom is -0.370 e. The molecule has 0 aliphatic heterocycles. The molecule has 12 heavy (non-hydrogen) atoms. The lowest BCUT2D eigenvalue weighted by Gasteiger charge is -2.09. The van der Waals surface area contributed by atoms with Crippen molar-refractivity contribution in [2.24, 2.45) is 5.73 Å². The highest BCUT2D eigenvalue weighted by Crippen LogP contribution is 1.98. The largest absolute Gasteiger partial charge is 0.370 e. The summed E-state index contributed by atoms with van der Waals surface area (Å²) in [5.74, 6) is -0.493. The molecule has 0 fully saturated rings. The van der Waals surface area contributed by atoms with Crippen LogP contribution in [0.5, 0.6) is 0 Å². The molecule has 0 atom stereocenters. The van der Waals surface area contributed by atoms with Gasteiger partial charge in [-0.15, -0.1) is 0 Å². The van der Waals surface area contributed by atoms with E-state index in [9.17, 15) is 13.2 Å². The van der Waals surface area contributed by atoms with Crippen molar-refractivity contribution in [3.8, 4) is 0 Å². The second kappa shape index (κ2) is 4.42. The molecule has 2 N–H and O–H groups in total. The number of nitrogens with zero attached hydrogens (tertiary/aromatic N) is 1. The lowest BCUT2D eigenvalue weighted by atomic mass is 10.3. The molecule has 6 heteroatoms. The zero-order chi connectivity index (χ0) is 9.78. The number of primary amides is 1. The number of sulfonamides is 1. The number of amides is 1. The minimum absolute atomic E-state index is 0.0249. The Morgan fingerprint density at radius 1 is 1.42 bits per heavy atom. The van der Waals surface area contributed by atoms with Gasteiger partial charge in [0.05, 0.1) is 5.75 Å². The van der Waals surface area contributed by atoms with Gasteiger partial charge >= 0.3 is 0 Å². The van der Waals surface area contributed by atoms with Gasteiger partial charge in [-0.1, -0.05) is 0 Å². The molecule has 0 aliphatic rings. The van der Waals surface area contributed by atoms with E-state index < -0.39 is 15.9 Å². The van der Waals surface area contributed by atoms with E-state index in [4.69, 9.17) is 5.73 Å². The fraction of sp³-hybridized carbons (Fsp3) is 0.833. The van der Waals surface area contributed by atoms with Gasteiger partial charge in [-0.3, -0.25) is 4.79 Å². The first-order valence-corrected chi connectivity index (χ1v) is 5.15. The summed E-state index contributed by atoms with van der Waals surface area (Å²) in [5.41, 5.74) is 4.85. The van der Waals surface area contributed by atoms with Crippen LogP contribution in [0.4, 0.5) is 0 Å². The normalized spacial score (nSPS) is 11.9. The zero-order valence-electron chi connectivity index (χ0n) is 7.28. The molecule has 0 aliphatic carbocycles. The molecular formula is C6H14N2O3S. The second-order valence-corrected chi connectivity index (χ2v) is 4.97. The first kappa shape index (κ1) is 11.4. The Balaban J connectivity index is 3.86. The second-order valence-electron chi connectivity index (χ2n) is 2.67. The van der Waals surface area contributed by atoms with Gasteiger partial charge in [-0.05, 0) is 6.42 Å². The maximum atomic E-state index is 11.1. The summed E-state index contributed by atoms with van der Waals surface area (Å²) in [6, 6.07) is 0. The molecule has 0 bridgehead atoms. The minimum atomic E-state index is -3.17. The van der Waals surface area contributed by atoms with E-state index in [0.717, 1.165) is 4.31 Å². The summed E-state index contributed by atoms with van der Waals surface area (Å²) in [5, 5.41) is 0. The predicted octanol–water partition coefficient (Wildman–Crippen LogP) is -0.857. The van der Waals surface area contributed by atoms with Crippen LogP contribution < -0.4 is 5.73 Å². The fourth-order valence-corrected chi connectivity index (χ4v) is 1.49. The number of hydrogen-bond donors (Lipinski definition) is 1. The van der Waals surface area contributed by atoms with Crippen molar-refractivity contribution >= 4 is 15.9 Å². The van der Waals surface area contributed by atoms with Crippen LogP contribution in [0.25, 0.3) is 0 Å². The third-order valence-corrected chi connectivity index (χ3v) is 3.30. The Labute approximate surface area is 72.6 Å². The van der Waals surface area contributed by atoms with E-state index >= 15 is 0 Å². The summed E-state index contributed by atoms with van der Waals surface area (Å²) < 4.78 is 23.3. The molecule has 0 rings (SSSR count). The number of carbonyl (C=O) groups excluding carboxylic acids is 1. The lowest BCUT2D eigenvalue weighted by molar-refractivity contribution is -0.118. The summed E-state index contributed by atoms with van der Waals surface area (Å²) >= 11 is 0. The highest BCUT2D eigenvalue weighted by molar-refractivity contribution is 7.89. The molecule has 1 amide bonds. The Kier molecular flexibility index (Phi) is 4.19. The van der Waals surface area contributed by atoms with E-state index in [0.29, 0.717) is 0 Å². The smallest absolute Gasteiger partial charge is 0.217 e.